The quantitative estimate of drug-likeness (QED) is 0.909. The summed E-state index contributed by atoms with van der Waals surface area (Å²) in [4.78, 5) is 14.6. The first-order valence-corrected chi connectivity index (χ1v) is 7.32. The minimum Gasteiger partial charge on any atom is -0.338 e. The van der Waals surface area contributed by atoms with Gasteiger partial charge < -0.3 is 10.2 Å². The molecule has 0 spiro atoms. The Labute approximate surface area is 127 Å². The summed E-state index contributed by atoms with van der Waals surface area (Å²) in [6.07, 6.45) is 4.32. The summed E-state index contributed by atoms with van der Waals surface area (Å²) < 4.78 is 0. The number of nitrogens with zero attached hydrogens (tertiary/aromatic N) is 1. The van der Waals surface area contributed by atoms with Crippen molar-refractivity contribution in [1.29, 1.82) is 0 Å². The fourth-order valence-corrected chi connectivity index (χ4v) is 3.44. The highest BCUT2D eigenvalue weighted by molar-refractivity contribution is 5.85. The minimum absolute atomic E-state index is 0. The van der Waals surface area contributed by atoms with Gasteiger partial charge in [0.05, 0.1) is 12.0 Å². The summed E-state index contributed by atoms with van der Waals surface area (Å²) in [5.41, 5.74) is 2.76. The van der Waals surface area contributed by atoms with E-state index in [-0.39, 0.29) is 24.4 Å². The third kappa shape index (κ3) is 2.84. The number of rotatable bonds is 2. The molecule has 110 valence electrons. The Hall–Kier alpha value is -1.06. The number of benzene rings is 1. The molecule has 4 heteroatoms. The molecule has 1 N–H and O–H groups in total. The predicted octanol–water partition coefficient (Wildman–Crippen LogP) is 2.55. The van der Waals surface area contributed by atoms with Crippen LogP contribution in [0.4, 0.5) is 0 Å². The molecule has 1 heterocycles. The third-order valence-electron chi connectivity index (χ3n) is 4.56. The van der Waals surface area contributed by atoms with E-state index >= 15 is 0 Å². The van der Waals surface area contributed by atoms with Crippen molar-refractivity contribution in [2.75, 3.05) is 20.1 Å². The number of hydrogen-bond donors (Lipinski definition) is 1. The number of carbonyl (C=O) groups is 1. The first-order chi connectivity index (χ1) is 9.27. The third-order valence-corrected chi connectivity index (χ3v) is 4.56. The summed E-state index contributed by atoms with van der Waals surface area (Å²) in [7, 11) is 1.98. The molecule has 20 heavy (non-hydrogen) atoms. The number of halogens is 1. The first-order valence-electron chi connectivity index (χ1n) is 7.32. The Bertz CT molecular complexity index is 471. The standard InChI is InChI=1S/C16H22N2O.ClH/c1-18(16(19)13-6-4-10-17-11-13)15-9-8-12-5-2-3-7-14(12)15;/h2-3,5,7,13,15,17H,4,6,8-11H2,1H3;1H/t13-,15?;/m1./s1. The van der Waals surface area contributed by atoms with Crippen LogP contribution in [0, 0.1) is 5.92 Å². The van der Waals surface area contributed by atoms with Crippen LogP contribution in [0.3, 0.4) is 0 Å². The number of aryl methyl sites for hydroxylation is 1. The van der Waals surface area contributed by atoms with Crippen molar-refractivity contribution in [1.82, 2.24) is 10.2 Å². The van der Waals surface area contributed by atoms with E-state index < -0.39 is 0 Å². The highest BCUT2D eigenvalue weighted by Crippen LogP contribution is 2.35. The Balaban J connectivity index is 0.00000147. The van der Waals surface area contributed by atoms with Crippen LogP contribution in [0.15, 0.2) is 24.3 Å². The van der Waals surface area contributed by atoms with Crippen LogP contribution in [-0.2, 0) is 11.2 Å². The summed E-state index contributed by atoms with van der Waals surface area (Å²) in [5.74, 6) is 0.486. The first kappa shape index (κ1) is 15.3. The largest absolute Gasteiger partial charge is 0.338 e. The second kappa shape index (κ2) is 6.59. The zero-order chi connectivity index (χ0) is 13.2. The Morgan fingerprint density at radius 1 is 1.30 bits per heavy atom. The van der Waals surface area contributed by atoms with E-state index in [1.54, 1.807) is 0 Å². The molecule has 2 atom stereocenters. The lowest BCUT2D eigenvalue weighted by Crippen LogP contribution is -2.42. The predicted molar refractivity (Wildman–Crippen MR) is 83.1 cm³/mol. The van der Waals surface area contributed by atoms with E-state index in [4.69, 9.17) is 0 Å². The maximum atomic E-state index is 12.6. The van der Waals surface area contributed by atoms with Gasteiger partial charge in [-0.3, -0.25) is 4.79 Å². The highest BCUT2D eigenvalue weighted by atomic mass is 35.5. The van der Waals surface area contributed by atoms with Crippen molar-refractivity contribution >= 4 is 18.3 Å². The molecule has 1 aliphatic heterocycles. The number of fused-ring (bicyclic) bond motifs is 1. The van der Waals surface area contributed by atoms with Crippen LogP contribution in [0.2, 0.25) is 0 Å². The Kier molecular flexibility index (Phi) is 5.06. The zero-order valence-corrected chi connectivity index (χ0v) is 12.8. The van der Waals surface area contributed by atoms with Gasteiger partial charge in [-0.1, -0.05) is 24.3 Å². The van der Waals surface area contributed by atoms with Crippen molar-refractivity contribution in [3.8, 4) is 0 Å². The number of piperidine rings is 1. The van der Waals surface area contributed by atoms with Crippen molar-refractivity contribution in [2.45, 2.75) is 31.7 Å². The van der Waals surface area contributed by atoms with Crippen LogP contribution in [-0.4, -0.2) is 30.9 Å². The molecule has 1 aliphatic carbocycles. The molecule has 1 unspecified atom stereocenters. The molecule has 1 aromatic carbocycles. The SMILES string of the molecule is CN(C(=O)[C@@H]1CCCNC1)C1CCc2ccccc21.Cl. The topological polar surface area (TPSA) is 32.3 Å². The van der Waals surface area contributed by atoms with Gasteiger partial charge in [-0.15, -0.1) is 12.4 Å². The Morgan fingerprint density at radius 3 is 2.85 bits per heavy atom. The van der Waals surface area contributed by atoms with E-state index in [2.05, 4.69) is 29.6 Å². The number of carbonyl (C=O) groups excluding carboxylic acids is 1. The molecule has 1 amide bonds. The summed E-state index contributed by atoms with van der Waals surface area (Å²) in [6.45, 7) is 1.90. The molecule has 0 saturated carbocycles. The van der Waals surface area contributed by atoms with Gasteiger partial charge in [0.1, 0.15) is 0 Å². The van der Waals surface area contributed by atoms with Crippen LogP contribution < -0.4 is 5.32 Å². The number of hydrogen-bond acceptors (Lipinski definition) is 2. The fraction of sp³-hybridized carbons (Fsp3) is 0.562. The second-order valence-corrected chi connectivity index (χ2v) is 5.75. The van der Waals surface area contributed by atoms with E-state index in [0.717, 1.165) is 38.8 Å². The average Bonchev–Trinajstić information content (AvgIpc) is 2.90. The molecule has 1 fully saturated rings. The van der Waals surface area contributed by atoms with Crippen LogP contribution in [0.5, 0.6) is 0 Å². The van der Waals surface area contributed by atoms with Gasteiger partial charge in [0.2, 0.25) is 5.91 Å². The lowest BCUT2D eigenvalue weighted by Gasteiger charge is -2.31. The van der Waals surface area contributed by atoms with Crippen molar-refractivity contribution < 1.29 is 4.79 Å². The molecule has 0 bridgehead atoms. The van der Waals surface area contributed by atoms with E-state index in [0.29, 0.717) is 5.91 Å². The van der Waals surface area contributed by atoms with Gasteiger partial charge in [0.25, 0.3) is 0 Å². The molecule has 0 radical (unpaired) electrons. The van der Waals surface area contributed by atoms with Gasteiger partial charge in [0, 0.05) is 13.6 Å². The van der Waals surface area contributed by atoms with Gasteiger partial charge in [0.15, 0.2) is 0 Å². The van der Waals surface area contributed by atoms with Crippen LogP contribution >= 0.6 is 12.4 Å². The maximum absolute atomic E-state index is 12.6. The minimum atomic E-state index is 0. The van der Waals surface area contributed by atoms with E-state index in [1.165, 1.54) is 11.1 Å². The van der Waals surface area contributed by atoms with Gasteiger partial charge in [-0.2, -0.15) is 0 Å². The number of amides is 1. The summed E-state index contributed by atoms with van der Waals surface area (Å²) in [5, 5.41) is 3.33. The lowest BCUT2D eigenvalue weighted by molar-refractivity contribution is -0.137. The van der Waals surface area contributed by atoms with Crippen molar-refractivity contribution in [3.05, 3.63) is 35.4 Å². The molecular formula is C16H23ClN2O. The molecular weight excluding hydrogens is 272 g/mol. The van der Waals surface area contributed by atoms with Gasteiger partial charge in [-0.25, -0.2) is 0 Å². The molecule has 3 nitrogen and oxygen atoms in total. The van der Waals surface area contributed by atoms with Gasteiger partial charge >= 0.3 is 0 Å². The second-order valence-electron chi connectivity index (χ2n) is 5.75. The Morgan fingerprint density at radius 2 is 2.10 bits per heavy atom. The fourth-order valence-electron chi connectivity index (χ4n) is 3.44. The smallest absolute Gasteiger partial charge is 0.227 e. The van der Waals surface area contributed by atoms with Crippen molar-refractivity contribution in [2.24, 2.45) is 5.92 Å². The summed E-state index contributed by atoms with van der Waals surface area (Å²) in [6, 6.07) is 8.82. The van der Waals surface area contributed by atoms with Crippen molar-refractivity contribution in [3.63, 3.8) is 0 Å². The molecule has 1 saturated heterocycles. The van der Waals surface area contributed by atoms with E-state index in [1.807, 2.05) is 11.9 Å². The monoisotopic (exact) mass is 294 g/mol. The lowest BCUT2D eigenvalue weighted by atomic mass is 9.97. The zero-order valence-electron chi connectivity index (χ0n) is 12.0. The molecule has 2 aliphatic rings. The molecule has 3 rings (SSSR count). The van der Waals surface area contributed by atoms with Crippen LogP contribution in [0.1, 0.15) is 36.4 Å². The average molecular weight is 295 g/mol. The molecule has 0 aromatic heterocycles. The number of nitrogens with one attached hydrogen (secondary N) is 1. The highest BCUT2D eigenvalue weighted by Gasteiger charge is 2.32. The van der Waals surface area contributed by atoms with Gasteiger partial charge in [-0.05, 0) is 43.4 Å². The van der Waals surface area contributed by atoms with E-state index in [9.17, 15) is 4.79 Å². The molecule has 1 aromatic rings. The summed E-state index contributed by atoms with van der Waals surface area (Å²) >= 11 is 0. The normalized spacial score (nSPS) is 24.6. The maximum Gasteiger partial charge on any atom is 0.227 e. The van der Waals surface area contributed by atoms with Crippen LogP contribution in [0.25, 0.3) is 0 Å².